The lowest BCUT2D eigenvalue weighted by Crippen LogP contribution is -2.10. The molecule has 1 aromatic heterocycles. The first-order valence-corrected chi connectivity index (χ1v) is 7.95. The van der Waals surface area contributed by atoms with Gasteiger partial charge in [-0.1, -0.05) is 18.3 Å². The van der Waals surface area contributed by atoms with Crippen molar-refractivity contribution in [3.8, 4) is 0 Å². The number of hydrogen-bond acceptors (Lipinski definition) is 6. The van der Waals surface area contributed by atoms with Gasteiger partial charge < -0.3 is 14.8 Å². The van der Waals surface area contributed by atoms with Crippen LogP contribution in [0.2, 0.25) is 0 Å². The van der Waals surface area contributed by atoms with E-state index in [0.717, 1.165) is 28.3 Å². The van der Waals surface area contributed by atoms with E-state index in [1.54, 1.807) is 17.4 Å². The van der Waals surface area contributed by atoms with Crippen molar-refractivity contribution in [1.29, 1.82) is 0 Å². The fraction of sp³-hybridized carbons (Fsp3) is 0.467. The summed E-state index contributed by atoms with van der Waals surface area (Å²) in [4.78, 5) is 16.4. The Labute approximate surface area is 128 Å². The zero-order valence-corrected chi connectivity index (χ0v) is 13.2. The van der Waals surface area contributed by atoms with Crippen molar-refractivity contribution >= 4 is 32.7 Å². The van der Waals surface area contributed by atoms with Crippen molar-refractivity contribution in [1.82, 2.24) is 4.98 Å². The Morgan fingerprint density at radius 2 is 2.19 bits per heavy atom. The van der Waals surface area contributed by atoms with Crippen LogP contribution in [0.4, 0.5) is 5.13 Å². The number of benzene rings is 1. The molecule has 114 valence electrons. The number of ether oxygens (including phenoxy) is 2. The fourth-order valence-electron chi connectivity index (χ4n) is 1.78. The minimum absolute atomic E-state index is 0.275. The molecule has 0 amide bonds. The van der Waals surface area contributed by atoms with Gasteiger partial charge in [-0.3, -0.25) is 0 Å². The zero-order valence-electron chi connectivity index (χ0n) is 12.3. The van der Waals surface area contributed by atoms with Crippen molar-refractivity contribution in [2.24, 2.45) is 0 Å². The fourth-order valence-corrected chi connectivity index (χ4v) is 2.71. The minimum Gasteiger partial charge on any atom is -0.460 e. The van der Waals surface area contributed by atoms with Crippen molar-refractivity contribution < 1.29 is 14.3 Å². The molecule has 5 nitrogen and oxygen atoms in total. The first kappa shape index (κ1) is 15.7. The Hall–Kier alpha value is -1.66. The summed E-state index contributed by atoms with van der Waals surface area (Å²) in [7, 11) is 0. The van der Waals surface area contributed by atoms with Gasteiger partial charge in [0.25, 0.3) is 0 Å². The zero-order chi connectivity index (χ0) is 15.1. The number of thiazole rings is 1. The van der Waals surface area contributed by atoms with E-state index >= 15 is 0 Å². The molecule has 1 heterocycles. The molecule has 0 spiro atoms. The van der Waals surface area contributed by atoms with Crippen molar-refractivity contribution in [2.45, 2.75) is 20.3 Å². The van der Waals surface area contributed by atoms with Crippen molar-refractivity contribution in [3.05, 3.63) is 23.8 Å². The van der Waals surface area contributed by atoms with Crippen LogP contribution in [0.15, 0.2) is 18.2 Å². The standard InChI is InChI=1S/C15H20N2O3S/c1-3-7-16-15-17-12-6-5-11(10-13(12)21-15)14(18)20-9-8-19-4-2/h5-6,10H,3-4,7-9H2,1-2H3,(H,16,17). The van der Waals surface area contributed by atoms with Gasteiger partial charge in [0, 0.05) is 13.2 Å². The van der Waals surface area contributed by atoms with Crippen LogP contribution in [0, 0.1) is 0 Å². The highest BCUT2D eigenvalue weighted by Gasteiger charge is 2.10. The molecule has 2 rings (SSSR count). The van der Waals surface area contributed by atoms with E-state index < -0.39 is 0 Å². The number of aromatic nitrogens is 1. The third-order valence-corrected chi connectivity index (χ3v) is 3.79. The molecule has 0 aliphatic carbocycles. The first-order chi connectivity index (χ1) is 10.2. The van der Waals surface area contributed by atoms with Gasteiger partial charge in [-0.2, -0.15) is 0 Å². The highest BCUT2D eigenvalue weighted by atomic mass is 32.1. The predicted octanol–water partition coefficient (Wildman–Crippen LogP) is 3.31. The van der Waals surface area contributed by atoms with Crippen LogP contribution < -0.4 is 5.32 Å². The van der Waals surface area contributed by atoms with E-state index in [1.165, 1.54) is 0 Å². The number of carbonyl (C=O) groups is 1. The van der Waals surface area contributed by atoms with Crippen LogP contribution in [-0.4, -0.2) is 37.3 Å². The second kappa shape index (κ2) is 7.95. The Balaban J connectivity index is 2.02. The quantitative estimate of drug-likeness (QED) is 0.599. The van der Waals surface area contributed by atoms with E-state index in [2.05, 4.69) is 17.2 Å². The summed E-state index contributed by atoms with van der Waals surface area (Å²) < 4.78 is 11.3. The van der Waals surface area contributed by atoms with Crippen molar-refractivity contribution in [2.75, 3.05) is 31.7 Å². The third kappa shape index (κ3) is 4.41. The number of rotatable bonds is 8. The van der Waals surface area contributed by atoms with Gasteiger partial charge in [-0.15, -0.1) is 0 Å². The number of fused-ring (bicyclic) bond motifs is 1. The number of anilines is 1. The Morgan fingerprint density at radius 1 is 1.33 bits per heavy atom. The SMILES string of the molecule is CCCNc1nc2ccc(C(=O)OCCOCC)cc2s1. The molecule has 0 saturated heterocycles. The number of carbonyl (C=O) groups excluding carboxylic acids is 1. The number of hydrogen-bond donors (Lipinski definition) is 1. The first-order valence-electron chi connectivity index (χ1n) is 7.14. The second-order valence-electron chi connectivity index (χ2n) is 4.46. The molecule has 2 aromatic rings. The van der Waals surface area contributed by atoms with Crippen LogP contribution in [0.3, 0.4) is 0 Å². The summed E-state index contributed by atoms with van der Waals surface area (Å²) in [6, 6.07) is 5.42. The van der Waals surface area contributed by atoms with Gasteiger partial charge in [0.2, 0.25) is 0 Å². The highest BCUT2D eigenvalue weighted by Crippen LogP contribution is 2.27. The molecule has 0 unspecified atom stereocenters. The molecule has 0 atom stereocenters. The summed E-state index contributed by atoms with van der Waals surface area (Å²) in [5.41, 5.74) is 1.44. The van der Waals surface area contributed by atoms with Crippen LogP contribution in [0.25, 0.3) is 10.2 Å². The molecule has 1 N–H and O–H groups in total. The third-order valence-electron chi connectivity index (χ3n) is 2.82. The molecule has 0 radical (unpaired) electrons. The number of nitrogens with one attached hydrogen (secondary N) is 1. The average Bonchev–Trinajstić information content (AvgIpc) is 2.91. The van der Waals surface area contributed by atoms with Gasteiger partial charge in [0.15, 0.2) is 5.13 Å². The van der Waals surface area contributed by atoms with Crippen molar-refractivity contribution in [3.63, 3.8) is 0 Å². The molecular formula is C15H20N2O3S. The molecule has 0 fully saturated rings. The monoisotopic (exact) mass is 308 g/mol. The lowest BCUT2D eigenvalue weighted by atomic mass is 10.2. The lowest BCUT2D eigenvalue weighted by Gasteiger charge is -2.04. The summed E-state index contributed by atoms with van der Waals surface area (Å²) in [5.74, 6) is -0.326. The molecular weight excluding hydrogens is 288 g/mol. The maximum Gasteiger partial charge on any atom is 0.338 e. The Kier molecular flexibility index (Phi) is 5.95. The molecule has 1 aromatic carbocycles. The van der Waals surface area contributed by atoms with Gasteiger partial charge >= 0.3 is 5.97 Å². The highest BCUT2D eigenvalue weighted by molar-refractivity contribution is 7.22. The van der Waals surface area contributed by atoms with Gasteiger partial charge in [0.1, 0.15) is 6.61 Å². The lowest BCUT2D eigenvalue weighted by molar-refractivity contribution is 0.0335. The maximum absolute atomic E-state index is 11.9. The van der Waals surface area contributed by atoms with Gasteiger partial charge in [0.05, 0.1) is 22.4 Å². The number of esters is 1. The minimum atomic E-state index is -0.326. The Bertz CT molecular complexity index is 598. The Morgan fingerprint density at radius 3 is 2.95 bits per heavy atom. The van der Waals surface area contributed by atoms with E-state index in [9.17, 15) is 4.79 Å². The average molecular weight is 308 g/mol. The van der Waals surface area contributed by atoms with Gasteiger partial charge in [-0.25, -0.2) is 9.78 Å². The molecule has 0 saturated carbocycles. The van der Waals surface area contributed by atoms with Crippen LogP contribution >= 0.6 is 11.3 Å². The second-order valence-corrected chi connectivity index (χ2v) is 5.49. The molecule has 0 bridgehead atoms. The number of nitrogens with zero attached hydrogens (tertiary/aromatic N) is 1. The van der Waals surface area contributed by atoms with Gasteiger partial charge in [-0.05, 0) is 31.5 Å². The maximum atomic E-state index is 11.9. The largest absolute Gasteiger partial charge is 0.460 e. The van der Waals surface area contributed by atoms with Crippen LogP contribution in [-0.2, 0) is 9.47 Å². The summed E-state index contributed by atoms with van der Waals surface area (Å²) in [5, 5.41) is 4.14. The predicted molar refractivity (Wildman–Crippen MR) is 85.2 cm³/mol. The summed E-state index contributed by atoms with van der Waals surface area (Å²) >= 11 is 1.55. The molecule has 0 aliphatic rings. The van der Waals surface area contributed by atoms with E-state index in [-0.39, 0.29) is 12.6 Å². The summed E-state index contributed by atoms with van der Waals surface area (Å²) in [6.45, 7) is 6.23. The topological polar surface area (TPSA) is 60.5 Å². The normalized spacial score (nSPS) is 10.8. The van der Waals surface area contributed by atoms with E-state index in [1.807, 2.05) is 19.1 Å². The molecule has 0 aliphatic heterocycles. The van der Waals surface area contributed by atoms with E-state index in [4.69, 9.17) is 9.47 Å². The van der Waals surface area contributed by atoms with Crippen LogP contribution in [0.1, 0.15) is 30.6 Å². The molecule has 21 heavy (non-hydrogen) atoms. The summed E-state index contributed by atoms with van der Waals surface area (Å²) in [6.07, 6.45) is 1.05. The van der Waals surface area contributed by atoms with Crippen LogP contribution in [0.5, 0.6) is 0 Å². The smallest absolute Gasteiger partial charge is 0.338 e. The molecule has 6 heteroatoms. The van der Waals surface area contributed by atoms with E-state index in [0.29, 0.717) is 18.8 Å².